The van der Waals surface area contributed by atoms with Gasteiger partial charge >= 0.3 is 0 Å². The van der Waals surface area contributed by atoms with Crippen molar-refractivity contribution in [1.29, 1.82) is 0 Å². The highest BCUT2D eigenvalue weighted by Crippen LogP contribution is 2.18. The van der Waals surface area contributed by atoms with E-state index in [1.54, 1.807) is 10.9 Å². The van der Waals surface area contributed by atoms with E-state index in [9.17, 15) is 0 Å². The molecule has 0 saturated heterocycles. The molecule has 1 rings (SSSR count). The van der Waals surface area contributed by atoms with Crippen LogP contribution in [0, 0.1) is 0 Å². The van der Waals surface area contributed by atoms with Crippen molar-refractivity contribution in [3.8, 4) is 0 Å². The Labute approximate surface area is 110 Å². The number of aromatic nitrogens is 3. The van der Waals surface area contributed by atoms with E-state index in [2.05, 4.69) is 22.7 Å². The SMILES string of the molecule is CCCCCCCCCC(NN)c1cnnn1C. The standard InChI is InChI=1S/C13H27N5/c1-3-4-5-6-7-8-9-10-12(16-14)13-11-15-17-18(13)2/h11-12,16H,3-10,14H2,1-2H3. The average molecular weight is 253 g/mol. The molecule has 1 aromatic heterocycles. The van der Waals surface area contributed by atoms with Crippen molar-refractivity contribution in [2.24, 2.45) is 12.9 Å². The zero-order valence-electron chi connectivity index (χ0n) is 11.7. The van der Waals surface area contributed by atoms with Gasteiger partial charge < -0.3 is 0 Å². The number of rotatable bonds is 10. The van der Waals surface area contributed by atoms with E-state index >= 15 is 0 Å². The Kier molecular flexibility index (Phi) is 7.60. The van der Waals surface area contributed by atoms with E-state index in [0.29, 0.717) is 0 Å². The molecule has 5 heteroatoms. The summed E-state index contributed by atoms with van der Waals surface area (Å²) in [7, 11) is 1.90. The van der Waals surface area contributed by atoms with Crippen molar-refractivity contribution in [2.45, 2.75) is 64.3 Å². The van der Waals surface area contributed by atoms with Gasteiger partial charge in [-0.25, -0.2) is 0 Å². The second kappa shape index (κ2) is 9.05. The molecule has 0 aliphatic rings. The minimum absolute atomic E-state index is 0.167. The number of nitrogens with one attached hydrogen (secondary N) is 1. The Bertz CT molecular complexity index is 310. The summed E-state index contributed by atoms with van der Waals surface area (Å²) in [6.07, 6.45) is 12.1. The van der Waals surface area contributed by atoms with Crippen LogP contribution in [0.3, 0.4) is 0 Å². The molecule has 0 aliphatic carbocycles. The Morgan fingerprint density at radius 1 is 1.22 bits per heavy atom. The van der Waals surface area contributed by atoms with Crippen LogP contribution in [0.5, 0.6) is 0 Å². The molecular formula is C13H27N5. The van der Waals surface area contributed by atoms with Gasteiger partial charge in [0.2, 0.25) is 0 Å². The van der Waals surface area contributed by atoms with Gasteiger partial charge in [0, 0.05) is 7.05 Å². The summed E-state index contributed by atoms with van der Waals surface area (Å²) in [4.78, 5) is 0. The summed E-state index contributed by atoms with van der Waals surface area (Å²) in [5.74, 6) is 5.59. The molecule has 18 heavy (non-hydrogen) atoms. The summed E-state index contributed by atoms with van der Waals surface area (Å²) in [5.41, 5.74) is 3.91. The zero-order chi connectivity index (χ0) is 13.2. The summed E-state index contributed by atoms with van der Waals surface area (Å²) in [6.45, 7) is 2.25. The van der Waals surface area contributed by atoms with Gasteiger partial charge in [-0.2, -0.15) is 0 Å². The summed E-state index contributed by atoms with van der Waals surface area (Å²) < 4.78 is 1.78. The maximum atomic E-state index is 5.59. The highest BCUT2D eigenvalue weighted by Gasteiger charge is 2.13. The van der Waals surface area contributed by atoms with Crippen LogP contribution >= 0.6 is 0 Å². The van der Waals surface area contributed by atoms with Gasteiger partial charge in [0.05, 0.1) is 17.9 Å². The molecule has 1 unspecified atom stereocenters. The first-order chi connectivity index (χ1) is 8.79. The molecule has 1 atom stereocenters. The Morgan fingerprint density at radius 2 is 1.89 bits per heavy atom. The van der Waals surface area contributed by atoms with Crippen molar-refractivity contribution in [3.63, 3.8) is 0 Å². The second-order valence-electron chi connectivity index (χ2n) is 4.91. The summed E-state index contributed by atoms with van der Waals surface area (Å²) >= 11 is 0. The average Bonchev–Trinajstić information content (AvgIpc) is 2.79. The molecule has 0 saturated carbocycles. The maximum Gasteiger partial charge on any atom is 0.0766 e. The van der Waals surface area contributed by atoms with Gasteiger partial charge in [0.1, 0.15) is 0 Å². The molecule has 0 aromatic carbocycles. The lowest BCUT2D eigenvalue weighted by molar-refractivity contribution is 0.450. The van der Waals surface area contributed by atoms with E-state index in [-0.39, 0.29) is 6.04 Å². The number of nitrogens with zero attached hydrogens (tertiary/aromatic N) is 3. The van der Waals surface area contributed by atoms with Crippen LogP contribution in [0.2, 0.25) is 0 Å². The van der Waals surface area contributed by atoms with Gasteiger partial charge in [-0.05, 0) is 6.42 Å². The lowest BCUT2D eigenvalue weighted by Gasteiger charge is -2.15. The number of nitrogens with two attached hydrogens (primary N) is 1. The molecule has 0 amide bonds. The van der Waals surface area contributed by atoms with Crippen LogP contribution in [-0.4, -0.2) is 15.0 Å². The number of hydrogen-bond acceptors (Lipinski definition) is 4. The topological polar surface area (TPSA) is 68.8 Å². The normalized spacial score (nSPS) is 12.8. The van der Waals surface area contributed by atoms with Crippen molar-refractivity contribution in [3.05, 3.63) is 11.9 Å². The second-order valence-corrected chi connectivity index (χ2v) is 4.91. The summed E-state index contributed by atoms with van der Waals surface area (Å²) in [6, 6.07) is 0.167. The van der Waals surface area contributed by atoms with Crippen molar-refractivity contribution >= 4 is 0 Å². The molecule has 1 aromatic rings. The molecule has 3 N–H and O–H groups in total. The summed E-state index contributed by atoms with van der Waals surface area (Å²) in [5, 5.41) is 7.82. The number of aryl methyl sites for hydroxylation is 1. The number of hydrogen-bond donors (Lipinski definition) is 2. The quantitative estimate of drug-likeness (QED) is 0.382. The third-order valence-corrected chi connectivity index (χ3v) is 3.40. The first-order valence-electron chi connectivity index (χ1n) is 7.10. The van der Waals surface area contributed by atoms with Gasteiger partial charge in [0.15, 0.2) is 0 Å². The molecule has 0 bridgehead atoms. The van der Waals surface area contributed by atoms with E-state index in [4.69, 9.17) is 5.84 Å². The third kappa shape index (κ3) is 5.14. The highest BCUT2D eigenvalue weighted by molar-refractivity contribution is 5.00. The van der Waals surface area contributed by atoms with E-state index in [1.165, 1.54) is 44.9 Å². The fourth-order valence-electron chi connectivity index (χ4n) is 2.24. The van der Waals surface area contributed by atoms with Crippen LogP contribution in [0.25, 0.3) is 0 Å². The maximum absolute atomic E-state index is 5.59. The lowest BCUT2D eigenvalue weighted by atomic mass is 10.0. The molecule has 0 fully saturated rings. The Balaban J connectivity index is 2.15. The Morgan fingerprint density at radius 3 is 2.44 bits per heavy atom. The van der Waals surface area contributed by atoms with Gasteiger partial charge in [-0.1, -0.05) is 57.1 Å². The monoisotopic (exact) mass is 253 g/mol. The minimum Gasteiger partial charge on any atom is -0.271 e. The van der Waals surface area contributed by atoms with Gasteiger partial charge in [-0.3, -0.25) is 16.0 Å². The smallest absolute Gasteiger partial charge is 0.0766 e. The third-order valence-electron chi connectivity index (χ3n) is 3.40. The first kappa shape index (κ1) is 15.1. The van der Waals surface area contributed by atoms with E-state index < -0.39 is 0 Å². The lowest BCUT2D eigenvalue weighted by Crippen LogP contribution is -2.29. The molecule has 1 heterocycles. The van der Waals surface area contributed by atoms with Gasteiger partial charge in [-0.15, -0.1) is 5.10 Å². The van der Waals surface area contributed by atoms with Crippen LogP contribution in [0.4, 0.5) is 0 Å². The van der Waals surface area contributed by atoms with Crippen LogP contribution < -0.4 is 11.3 Å². The fourth-order valence-corrected chi connectivity index (χ4v) is 2.24. The molecular weight excluding hydrogens is 226 g/mol. The molecule has 0 radical (unpaired) electrons. The van der Waals surface area contributed by atoms with Crippen LogP contribution in [0.15, 0.2) is 6.20 Å². The van der Waals surface area contributed by atoms with Crippen LogP contribution in [0.1, 0.15) is 70.0 Å². The van der Waals surface area contributed by atoms with Gasteiger partial charge in [0.25, 0.3) is 0 Å². The molecule has 5 nitrogen and oxygen atoms in total. The molecule has 104 valence electrons. The van der Waals surface area contributed by atoms with Crippen molar-refractivity contribution in [1.82, 2.24) is 20.4 Å². The Hall–Kier alpha value is -0.940. The predicted octanol–water partition coefficient (Wildman–Crippen LogP) is 2.46. The number of unbranched alkanes of at least 4 members (excludes halogenated alkanes) is 6. The molecule has 0 spiro atoms. The molecule has 0 aliphatic heterocycles. The fraction of sp³-hybridized carbons (Fsp3) is 0.846. The first-order valence-corrected chi connectivity index (χ1v) is 7.10. The predicted molar refractivity (Wildman–Crippen MR) is 73.7 cm³/mol. The minimum atomic E-state index is 0.167. The highest BCUT2D eigenvalue weighted by atomic mass is 15.4. The number of hydrazine groups is 1. The van der Waals surface area contributed by atoms with E-state index in [0.717, 1.165) is 12.1 Å². The van der Waals surface area contributed by atoms with Crippen LogP contribution in [-0.2, 0) is 7.05 Å². The van der Waals surface area contributed by atoms with Crippen molar-refractivity contribution in [2.75, 3.05) is 0 Å². The van der Waals surface area contributed by atoms with Crippen molar-refractivity contribution < 1.29 is 0 Å². The largest absolute Gasteiger partial charge is 0.271 e. The van der Waals surface area contributed by atoms with E-state index in [1.807, 2.05) is 7.05 Å². The zero-order valence-corrected chi connectivity index (χ0v) is 11.7.